The van der Waals surface area contributed by atoms with Crippen molar-refractivity contribution in [2.75, 3.05) is 19.0 Å². The maximum atomic E-state index is 12.1. The van der Waals surface area contributed by atoms with Gasteiger partial charge in [0.2, 0.25) is 0 Å². The van der Waals surface area contributed by atoms with Crippen molar-refractivity contribution >= 4 is 28.1 Å². The molecule has 0 aliphatic carbocycles. The summed E-state index contributed by atoms with van der Waals surface area (Å²) in [5, 5.41) is 6.01. The molecular formula is C19H21N3O3S. The molecule has 0 amide bonds. The first kappa shape index (κ1) is 18.0. The number of H-pyrrole nitrogens is 1. The van der Waals surface area contributed by atoms with E-state index in [-0.39, 0.29) is 5.97 Å². The Hall–Kier alpha value is -2.80. The molecule has 0 spiro atoms. The second kappa shape index (κ2) is 7.61. The lowest BCUT2D eigenvalue weighted by atomic mass is 10.1. The Kier molecular flexibility index (Phi) is 5.27. The van der Waals surface area contributed by atoms with Gasteiger partial charge in [0.25, 0.3) is 0 Å². The monoisotopic (exact) mass is 371 g/mol. The molecule has 2 N–H and O–H groups in total. The molecule has 26 heavy (non-hydrogen) atoms. The van der Waals surface area contributed by atoms with E-state index < -0.39 is 0 Å². The largest absolute Gasteiger partial charge is 0.497 e. The number of nitrogens with one attached hydrogen (secondary N) is 2. The van der Waals surface area contributed by atoms with Crippen LogP contribution in [0.5, 0.6) is 5.75 Å². The van der Waals surface area contributed by atoms with E-state index in [1.165, 1.54) is 11.3 Å². The topological polar surface area (TPSA) is 76.2 Å². The number of nitrogens with zero attached hydrogens (tertiary/aromatic N) is 1. The number of carbonyl (C=O) groups is 1. The molecule has 0 aliphatic heterocycles. The van der Waals surface area contributed by atoms with E-state index in [0.29, 0.717) is 12.2 Å². The third-order valence-electron chi connectivity index (χ3n) is 4.02. The highest BCUT2D eigenvalue weighted by molar-refractivity contribution is 7.14. The third-order valence-corrected chi connectivity index (χ3v) is 4.78. The van der Waals surface area contributed by atoms with E-state index >= 15 is 0 Å². The molecule has 2 aromatic heterocycles. The van der Waals surface area contributed by atoms with Gasteiger partial charge in [-0.25, -0.2) is 9.78 Å². The molecule has 0 aliphatic rings. The second-order valence-electron chi connectivity index (χ2n) is 5.74. The van der Waals surface area contributed by atoms with Crippen LogP contribution in [0.2, 0.25) is 0 Å². The van der Waals surface area contributed by atoms with Crippen molar-refractivity contribution in [3.63, 3.8) is 0 Å². The fraction of sp³-hybridized carbons (Fsp3) is 0.263. The molecule has 6 nitrogen and oxygen atoms in total. The predicted molar refractivity (Wildman–Crippen MR) is 104 cm³/mol. The summed E-state index contributed by atoms with van der Waals surface area (Å²) in [6.45, 7) is 5.92. The first-order valence-electron chi connectivity index (χ1n) is 8.26. The summed E-state index contributed by atoms with van der Waals surface area (Å²) in [6, 6.07) is 7.65. The molecular weight excluding hydrogens is 350 g/mol. The number of aryl methyl sites for hydroxylation is 1. The SMILES string of the molecule is CCOC(=O)c1c(C)[nH]c(-c2csc(Nc3ccc(OC)cc3)n2)c1C. The molecule has 0 atom stereocenters. The minimum Gasteiger partial charge on any atom is -0.497 e. The summed E-state index contributed by atoms with van der Waals surface area (Å²) in [5.74, 6) is 0.496. The van der Waals surface area contributed by atoms with Crippen LogP contribution in [0, 0.1) is 13.8 Å². The van der Waals surface area contributed by atoms with Gasteiger partial charge in [0.05, 0.1) is 25.0 Å². The number of aromatic amines is 1. The predicted octanol–water partition coefficient (Wildman–Crippen LogP) is 4.68. The first-order valence-corrected chi connectivity index (χ1v) is 9.14. The number of methoxy groups -OCH3 is 1. The molecule has 136 valence electrons. The Bertz CT molecular complexity index is 913. The molecule has 1 aromatic carbocycles. The number of esters is 1. The van der Waals surface area contributed by atoms with Gasteiger partial charge in [-0.3, -0.25) is 0 Å². The van der Waals surface area contributed by atoms with Crippen molar-refractivity contribution in [2.24, 2.45) is 0 Å². The number of aromatic nitrogens is 2. The Morgan fingerprint density at radius 3 is 2.65 bits per heavy atom. The summed E-state index contributed by atoms with van der Waals surface area (Å²) >= 11 is 1.50. The molecule has 0 radical (unpaired) electrons. The Labute approximate surface area is 156 Å². The summed E-state index contributed by atoms with van der Waals surface area (Å²) in [6.07, 6.45) is 0. The molecule has 0 saturated carbocycles. The average Bonchev–Trinajstić information content (AvgIpc) is 3.20. The number of thiazole rings is 1. The van der Waals surface area contributed by atoms with Crippen molar-refractivity contribution in [2.45, 2.75) is 20.8 Å². The lowest BCUT2D eigenvalue weighted by Gasteiger charge is -2.04. The third kappa shape index (κ3) is 3.57. The Balaban J connectivity index is 1.83. The van der Waals surface area contributed by atoms with Gasteiger partial charge >= 0.3 is 5.97 Å². The summed E-state index contributed by atoms with van der Waals surface area (Å²) in [4.78, 5) is 20.0. The molecule has 0 bridgehead atoms. The van der Waals surface area contributed by atoms with E-state index in [1.54, 1.807) is 14.0 Å². The number of benzene rings is 1. The smallest absolute Gasteiger partial charge is 0.340 e. The van der Waals surface area contributed by atoms with Crippen molar-refractivity contribution in [3.05, 3.63) is 46.5 Å². The van der Waals surface area contributed by atoms with Gasteiger partial charge < -0.3 is 19.8 Å². The zero-order valence-electron chi connectivity index (χ0n) is 15.2. The standard InChI is InChI=1S/C19H21N3O3S/c1-5-25-18(23)16-11(2)17(20-12(16)3)15-10-26-19(22-15)21-13-6-8-14(24-4)9-7-13/h6-10,20H,5H2,1-4H3,(H,21,22). The Morgan fingerprint density at radius 2 is 2.00 bits per heavy atom. The average molecular weight is 371 g/mol. The van der Waals surface area contributed by atoms with Crippen molar-refractivity contribution in [1.82, 2.24) is 9.97 Å². The molecule has 0 unspecified atom stereocenters. The highest BCUT2D eigenvalue weighted by Crippen LogP contribution is 2.31. The minimum atomic E-state index is -0.309. The van der Waals surface area contributed by atoms with E-state index in [0.717, 1.165) is 39.2 Å². The van der Waals surface area contributed by atoms with Crippen LogP contribution in [0.25, 0.3) is 11.4 Å². The molecule has 0 fully saturated rings. The van der Waals surface area contributed by atoms with Gasteiger partial charge in [-0.2, -0.15) is 0 Å². The number of anilines is 2. The number of hydrogen-bond donors (Lipinski definition) is 2. The van der Waals surface area contributed by atoms with E-state index in [1.807, 2.05) is 43.5 Å². The minimum absolute atomic E-state index is 0.309. The van der Waals surface area contributed by atoms with Crippen LogP contribution >= 0.6 is 11.3 Å². The number of ether oxygens (including phenoxy) is 2. The lowest BCUT2D eigenvalue weighted by molar-refractivity contribution is 0.0525. The summed E-state index contributed by atoms with van der Waals surface area (Å²) in [5.41, 5.74) is 4.78. The van der Waals surface area contributed by atoms with Crippen LogP contribution in [-0.2, 0) is 4.74 Å². The fourth-order valence-corrected chi connectivity index (χ4v) is 3.48. The molecule has 3 rings (SSSR count). The zero-order chi connectivity index (χ0) is 18.7. The fourth-order valence-electron chi connectivity index (χ4n) is 2.76. The van der Waals surface area contributed by atoms with Crippen LogP contribution in [0.4, 0.5) is 10.8 Å². The maximum absolute atomic E-state index is 12.1. The van der Waals surface area contributed by atoms with Crippen LogP contribution in [-0.4, -0.2) is 29.7 Å². The van der Waals surface area contributed by atoms with Gasteiger partial charge in [-0.05, 0) is 50.6 Å². The molecule has 7 heteroatoms. The summed E-state index contributed by atoms with van der Waals surface area (Å²) in [7, 11) is 1.64. The van der Waals surface area contributed by atoms with Crippen LogP contribution in [0.15, 0.2) is 29.6 Å². The quantitative estimate of drug-likeness (QED) is 0.615. The number of rotatable bonds is 6. The zero-order valence-corrected chi connectivity index (χ0v) is 16.0. The number of carbonyl (C=O) groups excluding carboxylic acids is 1. The lowest BCUT2D eigenvalue weighted by Crippen LogP contribution is -2.06. The van der Waals surface area contributed by atoms with Crippen LogP contribution in [0.1, 0.15) is 28.5 Å². The van der Waals surface area contributed by atoms with E-state index in [9.17, 15) is 4.79 Å². The highest BCUT2D eigenvalue weighted by Gasteiger charge is 2.21. The molecule has 3 aromatic rings. The molecule has 2 heterocycles. The van der Waals surface area contributed by atoms with Crippen molar-refractivity contribution in [1.29, 1.82) is 0 Å². The van der Waals surface area contributed by atoms with Crippen LogP contribution < -0.4 is 10.1 Å². The Morgan fingerprint density at radius 1 is 1.27 bits per heavy atom. The summed E-state index contributed by atoms with van der Waals surface area (Å²) < 4.78 is 10.3. The second-order valence-corrected chi connectivity index (χ2v) is 6.59. The normalized spacial score (nSPS) is 10.6. The highest BCUT2D eigenvalue weighted by atomic mass is 32.1. The first-order chi connectivity index (χ1) is 12.5. The van der Waals surface area contributed by atoms with Gasteiger partial charge in [0.1, 0.15) is 11.4 Å². The van der Waals surface area contributed by atoms with E-state index in [4.69, 9.17) is 9.47 Å². The van der Waals surface area contributed by atoms with Crippen molar-refractivity contribution in [3.8, 4) is 17.1 Å². The number of hydrogen-bond acceptors (Lipinski definition) is 6. The maximum Gasteiger partial charge on any atom is 0.340 e. The van der Waals surface area contributed by atoms with Gasteiger partial charge in [-0.1, -0.05) is 0 Å². The van der Waals surface area contributed by atoms with Gasteiger partial charge in [-0.15, -0.1) is 11.3 Å². The van der Waals surface area contributed by atoms with E-state index in [2.05, 4.69) is 15.3 Å². The molecule has 0 saturated heterocycles. The van der Waals surface area contributed by atoms with Gasteiger partial charge in [0.15, 0.2) is 5.13 Å². The van der Waals surface area contributed by atoms with Gasteiger partial charge in [0, 0.05) is 16.8 Å². The van der Waals surface area contributed by atoms with Crippen LogP contribution in [0.3, 0.4) is 0 Å². The van der Waals surface area contributed by atoms with Crippen molar-refractivity contribution < 1.29 is 14.3 Å².